The molecule has 1 saturated carbocycles. The van der Waals surface area contributed by atoms with E-state index in [1.807, 2.05) is 30.3 Å². The molecule has 1 fully saturated rings. The summed E-state index contributed by atoms with van der Waals surface area (Å²) in [6, 6.07) is 10.4. The third kappa shape index (κ3) is 2.47. The summed E-state index contributed by atoms with van der Waals surface area (Å²) < 4.78 is 39.7. The highest BCUT2D eigenvalue weighted by atomic mass is 19.4. The third-order valence-corrected chi connectivity index (χ3v) is 3.75. The molecule has 2 aromatic rings. The minimum Gasteiger partial charge on any atom is -0.313 e. The van der Waals surface area contributed by atoms with Gasteiger partial charge < -0.3 is 5.43 Å². The topological polar surface area (TPSA) is 42.2 Å². The van der Waals surface area contributed by atoms with Crippen LogP contribution in [-0.4, -0.2) is 22.5 Å². The summed E-state index contributed by atoms with van der Waals surface area (Å²) in [5.41, 5.74) is 2.84. The molecule has 1 N–H and O–H groups in total. The van der Waals surface area contributed by atoms with Crippen LogP contribution in [0.1, 0.15) is 24.1 Å². The van der Waals surface area contributed by atoms with Crippen molar-refractivity contribution < 1.29 is 13.2 Å². The van der Waals surface area contributed by atoms with Gasteiger partial charge >= 0.3 is 6.18 Å². The van der Waals surface area contributed by atoms with Crippen LogP contribution in [0, 0.1) is 0 Å². The molecule has 0 bridgehead atoms. The van der Waals surface area contributed by atoms with E-state index in [-0.39, 0.29) is 0 Å². The zero-order chi connectivity index (χ0) is 15.8. The lowest BCUT2D eigenvalue weighted by Gasteiger charge is -2.19. The van der Waals surface area contributed by atoms with Crippen LogP contribution in [-0.2, 0) is 11.7 Å². The fourth-order valence-electron chi connectivity index (χ4n) is 2.55. The van der Waals surface area contributed by atoms with Gasteiger partial charge in [0.15, 0.2) is 5.69 Å². The molecule has 1 aromatic carbocycles. The van der Waals surface area contributed by atoms with Gasteiger partial charge in [0.25, 0.3) is 0 Å². The molecule has 0 aliphatic heterocycles. The Morgan fingerprint density at radius 2 is 1.91 bits per heavy atom. The molecular formula is C15H15F3N4. The maximum absolute atomic E-state index is 12.8. The molecule has 22 heavy (non-hydrogen) atoms. The lowest BCUT2D eigenvalue weighted by Crippen LogP contribution is -2.31. The maximum atomic E-state index is 12.8. The van der Waals surface area contributed by atoms with E-state index in [0.717, 1.165) is 11.6 Å². The minimum absolute atomic E-state index is 0.603. The molecule has 1 aliphatic rings. The summed E-state index contributed by atoms with van der Waals surface area (Å²) in [6.07, 6.45) is -1.64. The van der Waals surface area contributed by atoms with Crippen LogP contribution in [0.4, 0.5) is 13.2 Å². The molecule has 0 spiro atoms. The lowest BCUT2D eigenvalue weighted by molar-refractivity contribution is -0.141. The molecule has 116 valence electrons. The Hall–Kier alpha value is -2.31. The summed E-state index contributed by atoms with van der Waals surface area (Å²) in [6.45, 7) is 0. The van der Waals surface area contributed by atoms with E-state index in [9.17, 15) is 13.2 Å². The summed E-state index contributed by atoms with van der Waals surface area (Å²) in [4.78, 5) is 0. The van der Waals surface area contributed by atoms with Gasteiger partial charge in [-0.15, -0.1) is 0 Å². The molecule has 0 atom stereocenters. The SMILES string of the molecule is CN/N=C(/c1ccccc1)C1(n2ccc(C(F)(F)F)n2)CC1. The number of aromatic nitrogens is 2. The normalized spacial score (nSPS) is 17.4. The smallest absolute Gasteiger partial charge is 0.313 e. The van der Waals surface area contributed by atoms with E-state index in [1.165, 1.54) is 10.9 Å². The largest absolute Gasteiger partial charge is 0.435 e. The van der Waals surface area contributed by atoms with Crippen LogP contribution in [0.2, 0.25) is 0 Å². The molecule has 0 amide bonds. The van der Waals surface area contributed by atoms with Crippen molar-refractivity contribution in [3.63, 3.8) is 0 Å². The number of hydrazone groups is 1. The monoisotopic (exact) mass is 308 g/mol. The van der Waals surface area contributed by atoms with E-state index in [2.05, 4.69) is 15.6 Å². The fraction of sp³-hybridized carbons (Fsp3) is 0.333. The third-order valence-electron chi connectivity index (χ3n) is 3.75. The fourth-order valence-corrected chi connectivity index (χ4v) is 2.55. The average Bonchev–Trinajstić information content (AvgIpc) is 3.11. The first-order valence-corrected chi connectivity index (χ1v) is 6.91. The van der Waals surface area contributed by atoms with Gasteiger partial charge in [0.1, 0.15) is 5.54 Å². The Bertz CT molecular complexity index is 684. The molecular weight excluding hydrogens is 293 g/mol. The summed E-state index contributed by atoms with van der Waals surface area (Å²) in [5.74, 6) is 0. The van der Waals surface area contributed by atoms with Gasteiger partial charge in [0.2, 0.25) is 0 Å². The summed E-state index contributed by atoms with van der Waals surface area (Å²) in [5, 5.41) is 8.03. The first-order chi connectivity index (χ1) is 10.5. The van der Waals surface area contributed by atoms with Crippen LogP contribution < -0.4 is 5.43 Å². The van der Waals surface area contributed by atoms with Gasteiger partial charge in [0, 0.05) is 18.8 Å². The second kappa shape index (κ2) is 5.15. The predicted octanol–water partition coefficient (Wildman–Crippen LogP) is 3.01. The number of rotatable bonds is 4. The second-order valence-electron chi connectivity index (χ2n) is 5.22. The lowest BCUT2D eigenvalue weighted by atomic mass is 10.0. The van der Waals surface area contributed by atoms with Crippen molar-refractivity contribution in [1.82, 2.24) is 15.2 Å². The van der Waals surface area contributed by atoms with Crippen LogP contribution in [0.15, 0.2) is 47.7 Å². The first kappa shape index (κ1) is 14.6. The zero-order valence-electron chi connectivity index (χ0n) is 11.9. The predicted molar refractivity (Wildman–Crippen MR) is 76.5 cm³/mol. The molecule has 4 nitrogen and oxygen atoms in total. The van der Waals surface area contributed by atoms with E-state index in [4.69, 9.17) is 0 Å². The molecule has 1 aliphatic carbocycles. The number of nitrogens with one attached hydrogen (secondary N) is 1. The molecule has 1 heterocycles. The number of alkyl halides is 3. The number of halogens is 3. The van der Waals surface area contributed by atoms with Gasteiger partial charge in [-0.2, -0.15) is 23.4 Å². The summed E-state index contributed by atoms with van der Waals surface area (Å²) >= 11 is 0. The highest BCUT2D eigenvalue weighted by Crippen LogP contribution is 2.46. The average molecular weight is 308 g/mol. The molecule has 7 heteroatoms. The molecule has 3 rings (SSSR count). The maximum Gasteiger partial charge on any atom is 0.435 e. The number of hydrogen-bond acceptors (Lipinski definition) is 3. The number of nitrogens with zero attached hydrogens (tertiary/aromatic N) is 3. The van der Waals surface area contributed by atoms with Crippen LogP contribution in [0.3, 0.4) is 0 Å². The number of benzene rings is 1. The Morgan fingerprint density at radius 3 is 2.41 bits per heavy atom. The van der Waals surface area contributed by atoms with E-state index in [0.29, 0.717) is 18.6 Å². The zero-order valence-corrected chi connectivity index (χ0v) is 11.9. The van der Waals surface area contributed by atoms with Crippen molar-refractivity contribution in [2.24, 2.45) is 5.10 Å². The highest BCUT2D eigenvalue weighted by molar-refractivity contribution is 6.07. The first-order valence-electron chi connectivity index (χ1n) is 6.91. The van der Waals surface area contributed by atoms with Gasteiger partial charge in [-0.25, -0.2) is 0 Å². The summed E-state index contributed by atoms with van der Waals surface area (Å²) in [7, 11) is 1.67. The van der Waals surface area contributed by atoms with E-state index in [1.54, 1.807) is 7.05 Å². The van der Waals surface area contributed by atoms with Crippen molar-refractivity contribution >= 4 is 5.71 Å². The minimum atomic E-state index is -4.44. The second-order valence-corrected chi connectivity index (χ2v) is 5.22. The van der Waals surface area contributed by atoms with Crippen molar-refractivity contribution in [2.75, 3.05) is 7.05 Å². The van der Waals surface area contributed by atoms with Gasteiger partial charge in [-0.3, -0.25) is 4.68 Å². The Morgan fingerprint density at radius 1 is 1.23 bits per heavy atom. The molecule has 1 aromatic heterocycles. The van der Waals surface area contributed by atoms with Crippen molar-refractivity contribution in [1.29, 1.82) is 0 Å². The highest BCUT2D eigenvalue weighted by Gasteiger charge is 2.51. The van der Waals surface area contributed by atoms with Crippen LogP contribution in [0.5, 0.6) is 0 Å². The number of hydrogen-bond donors (Lipinski definition) is 1. The van der Waals surface area contributed by atoms with Gasteiger partial charge in [0.05, 0.1) is 5.71 Å². The Balaban J connectivity index is 2.01. The van der Waals surface area contributed by atoms with Gasteiger partial charge in [-0.1, -0.05) is 30.3 Å². The van der Waals surface area contributed by atoms with Crippen molar-refractivity contribution in [3.8, 4) is 0 Å². The standard InChI is InChI=1S/C15H15F3N4/c1-19-20-13(11-5-3-2-4-6-11)14(8-9-14)22-10-7-12(21-22)15(16,17)18/h2-7,10,19H,8-9H2,1H3/b20-13-. The quantitative estimate of drug-likeness (QED) is 0.697. The van der Waals surface area contributed by atoms with E-state index < -0.39 is 17.4 Å². The van der Waals surface area contributed by atoms with Crippen molar-refractivity contribution in [3.05, 3.63) is 53.9 Å². The van der Waals surface area contributed by atoms with Crippen LogP contribution >= 0.6 is 0 Å². The Labute approximate surface area is 125 Å². The molecule has 0 saturated heterocycles. The van der Waals surface area contributed by atoms with Crippen LogP contribution in [0.25, 0.3) is 0 Å². The Kier molecular flexibility index (Phi) is 3.42. The van der Waals surface area contributed by atoms with Gasteiger partial charge in [-0.05, 0) is 18.9 Å². The molecule has 0 unspecified atom stereocenters. The van der Waals surface area contributed by atoms with Crippen molar-refractivity contribution in [2.45, 2.75) is 24.6 Å². The van der Waals surface area contributed by atoms with E-state index >= 15 is 0 Å². The molecule has 0 radical (unpaired) electrons.